The van der Waals surface area contributed by atoms with Gasteiger partial charge in [0.05, 0.1) is 11.0 Å². The molecule has 0 bridgehead atoms. The lowest BCUT2D eigenvalue weighted by Crippen LogP contribution is -1.96. The molecule has 0 N–H and O–H groups in total. The second-order valence-electron chi connectivity index (χ2n) is 6.65. The zero-order valence-electron chi connectivity index (χ0n) is 13.8. The van der Waals surface area contributed by atoms with Gasteiger partial charge in [-0.15, -0.1) is 0 Å². The Kier molecular flexibility index (Phi) is 2.90. The number of hydrogen-bond donors (Lipinski definition) is 0. The van der Waals surface area contributed by atoms with E-state index in [1.807, 2.05) is 0 Å². The molecule has 5 rings (SSSR count). The number of nitrogens with zero attached hydrogens (tertiary/aromatic N) is 1. The van der Waals surface area contributed by atoms with Gasteiger partial charge in [-0.05, 0) is 54.8 Å². The van der Waals surface area contributed by atoms with Crippen LogP contribution in [0.15, 0.2) is 72.8 Å². The van der Waals surface area contributed by atoms with Crippen LogP contribution in [0.5, 0.6) is 0 Å². The molecule has 1 aromatic heterocycles. The van der Waals surface area contributed by atoms with Crippen LogP contribution in [0.25, 0.3) is 38.3 Å². The van der Waals surface area contributed by atoms with Gasteiger partial charge in [-0.3, -0.25) is 0 Å². The summed E-state index contributed by atoms with van der Waals surface area (Å²) in [6, 6.07) is 20.0. The van der Waals surface area contributed by atoms with Crippen LogP contribution < -0.4 is 0 Å². The Labute approximate surface area is 141 Å². The summed E-state index contributed by atoms with van der Waals surface area (Å²) in [6.07, 6.45) is 9.16. The summed E-state index contributed by atoms with van der Waals surface area (Å²) < 4.78 is 2.42. The lowest BCUT2D eigenvalue weighted by atomic mass is 10.0. The predicted molar refractivity (Wildman–Crippen MR) is 104 cm³/mol. The van der Waals surface area contributed by atoms with Gasteiger partial charge in [0.2, 0.25) is 0 Å². The van der Waals surface area contributed by atoms with Crippen molar-refractivity contribution < 1.29 is 0 Å². The molecule has 0 spiro atoms. The highest BCUT2D eigenvalue weighted by molar-refractivity contribution is 6.22. The fraction of sp³-hybridized carbons (Fsp3) is 0.130. The molecule has 116 valence electrons. The van der Waals surface area contributed by atoms with E-state index in [4.69, 9.17) is 0 Å². The van der Waals surface area contributed by atoms with Crippen LogP contribution >= 0.6 is 0 Å². The van der Waals surface area contributed by atoms with Gasteiger partial charge >= 0.3 is 0 Å². The van der Waals surface area contributed by atoms with Crippen molar-refractivity contribution in [2.45, 2.75) is 19.8 Å². The van der Waals surface area contributed by atoms with Crippen molar-refractivity contribution in [3.63, 3.8) is 0 Å². The molecule has 1 heteroatoms. The molecule has 0 radical (unpaired) electrons. The predicted octanol–water partition coefficient (Wildman–Crippen LogP) is 6.45. The number of rotatable bonds is 1. The minimum Gasteiger partial charge on any atom is -0.310 e. The summed E-state index contributed by atoms with van der Waals surface area (Å²) in [5, 5.41) is 5.36. The number of allylic oxidation sites excluding steroid dienone is 4. The van der Waals surface area contributed by atoms with E-state index in [1.54, 1.807) is 0 Å². The third-order valence-electron chi connectivity index (χ3n) is 5.04. The van der Waals surface area contributed by atoms with Crippen LogP contribution in [0.4, 0.5) is 0 Å². The fourth-order valence-corrected chi connectivity index (χ4v) is 3.95. The summed E-state index contributed by atoms with van der Waals surface area (Å²) in [5.74, 6) is 0. The third-order valence-corrected chi connectivity index (χ3v) is 5.04. The quantitative estimate of drug-likeness (QED) is 0.381. The minimum absolute atomic E-state index is 1.12. The molecule has 0 saturated heterocycles. The second-order valence-corrected chi connectivity index (χ2v) is 6.65. The largest absolute Gasteiger partial charge is 0.310 e. The molecule has 0 amide bonds. The molecule has 1 nitrogen and oxygen atoms in total. The van der Waals surface area contributed by atoms with Crippen molar-refractivity contribution in [3.05, 3.63) is 78.4 Å². The SMILES string of the molecule is Cc1ccc2c(c1)c1c3ccccc3ccc1n2C1=CCCC=C1. The summed E-state index contributed by atoms with van der Waals surface area (Å²) >= 11 is 0. The molecule has 0 fully saturated rings. The zero-order valence-corrected chi connectivity index (χ0v) is 13.8. The van der Waals surface area contributed by atoms with Gasteiger partial charge in [-0.1, -0.05) is 54.1 Å². The monoisotopic (exact) mass is 309 g/mol. The first kappa shape index (κ1) is 13.6. The third kappa shape index (κ3) is 1.88. The molecule has 0 unspecified atom stereocenters. The molecule has 1 heterocycles. The maximum Gasteiger partial charge on any atom is 0.0547 e. The summed E-state index contributed by atoms with van der Waals surface area (Å²) in [5.41, 5.74) is 5.19. The minimum atomic E-state index is 1.12. The maximum absolute atomic E-state index is 2.42. The number of hydrogen-bond acceptors (Lipinski definition) is 0. The molecule has 0 saturated carbocycles. The second kappa shape index (κ2) is 5.10. The number of aromatic nitrogens is 1. The van der Waals surface area contributed by atoms with Crippen LogP contribution in [0.3, 0.4) is 0 Å². The Hall–Kier alpha value is -2.80. The molecule has 0 aliphatic heterocycles. The lowest BCUT2D eigenvalue weighted by Gasteiger charge is -2.12. The highest BCUT2D eigenvalue weighted by atomic mass is 15.0. The van der Waals surface area contributed by atoms with E-state index < -0.39 is 0 Å². The summed E-state index contributed by atoms with van der Waals surface area (Å²) in [6.45, 7) is 2.17. The first-order valence-corrected chi connectivity index (χ1v) is 8.62. The first-order chi connectivity index (χ1) is 11.8. The Balaban J connectivity index is 2.03. The van der Waals surface area contributed by atoms with Gasteiger partial charge in [-0.25, -0.2) is 0 Å². The van der Waals surface area contributed by atoms with Gasteiger partial charge in [0.25, 0.3) is 0 Å². The van der Waals surface area contributed by atoms with Gasteiger partial charge in [-0.2, -0.15) is 0 Å². The van der Waals surface area contributed by atoms with Crippen LogP contribution in [0.2, 0.25) is 0 Å². The van der Waals surface area contributed by atoms with E-state index in [2.05, 4.69) is 84.3 Å². The summed E-state index contributed by atoms with van der Waals surface area (Å²) in [4.78, 5) is 0. The molecule has 3 aromatic carbocycles. The highest BCUT2D eigenvalue weighted by Gasteiger charge is 2.15. The van der Waals surface area contributed by atoms with Gasteiger partial charge in [0.15, 0.2) is 0 Å². The first-order valence-electron chi connectivity index (χ1n) is 8.62. The molecule has 1 aliphatic carbocycles. The van der Waals surface area contributed by atoms with Crippen LogP contribution in [0, 0.1) is 6.92 Å². The Morgan fingerprint density at radius 1 is 0.833 bits per heavy atom. The molecular formula is C23H19N. The van der Waals surface area contributed by atoms with E-state index in [1.165, 1.54) is 43.8 Å². The van der Waals surface area contributed by atoms with E-state index in [0.717, 1.165) is 12.8 Å². The Bertz CT molecular complexity index is 1160. The topological polar surface area (TPSA) is 4.93 Å². The van der Waals surface area contributed by atoms with Crippen LogP contribution in [-0.2, 0) is 0 Å². The van der Waals surface area contributed by atoms with Gasteiger partial charge in [0, 0.05) is 16.5 Å². The van der Waals surface area contributed by atoms with Crippen molar-refractivity contribution >= 4 is 38.3 Å². The zero-order chi connectivity index (χ0) is 16.1. The van der Waals surface area contributed by atoms with Crippen LogP contribution in [0.1, 0.15) is 18.4 Å². The van der Waals surface area contributed by atoms with Crippen molar-refractivity contribution in [1.29, 1.82) is 0 Å². The number of benzene rings is 3. The normalized spacial score (nSPS) is 14.6. The number of aryl methyl sites for hydroxylation is 1. The smallest absolute Gasteiger partial charge is 0.0547 e. The van der Waals surface area contributed by atoms with Gasteiger partial charge < -0.3 is 4.57 Å². The average Bonchev–Trinajstić information content (AvgIpc) is 2.96. The van der Waals surface area contributed by atoms with Crippen molar-refractivity contribution in [1.82, 2.24) is 4.57 Å². The fourth-order valence-electron chi connectivity index (χ4n) is 3.95. The van der Waals surface area contributed by atoms with Gasteiger partial charge in [0.1, 0.15) is 0 Å². The van der Waals surface area contributed by atoms with E-state index in [-0.39, 0.29) is 0 Å². The highest BCUT2D eigenvalue weighted by Crippen LogP contribution is 2.37. The van der Waals surface area contributed by atoms with Crippen molar-refractivity contribution in [3.8, 4) is 0 Å². The van der Waals surface area contributed by atoms with Crippen molar-refractivity contribution in [2.24, 2.45) is 0 Å². The lowest BCUT2D eigenvalue weighted by molar-refractivity contribution is 1.02. The molecule has 0 atom stereocenters. The van der Waals surface area contributed by atoms with Crippen LogP contribution in [-0.4, -0.2) is 4.57 Å². The average molecular weight is 309 g/mol. The molecular weight excluding hydrogens is 290 g/mol. The molecule has 1 aliphatic rings. The number of fused-ring (bicyclic) bond motifs is 5. The Morgan fingerprint density at radius 3 is 2.58 bits per heavy atom. The standard InChI is InChI=1S/C23H19N/c1-16-11-13-21-20(15-16)23-19-10-6-5-7-17(19)12-14-22(23)24(21)18-8-3-2-4-9-18/h3,5-15H,2,4H2,1H3. The Morgan fingerprint density at radius 2 is 1.71 bits per heavy atom. The molecule has 24 heavy (non-hydrogen) atoms. The summed E-state index contributed by atoms with van der Waals surface area (Å²) in [7, 11) is 0. The maximum atomic E-state index is 2.42. The van der Waals surface area contributed by atoms with E-state index >= 15 is 0 Å². The van der Waals surface area contributed by atoms with E-state index in [0.29, 0.717) is 0 Å². The van der Waals surface area contributed by atoms with Crippen molar-refractivity contribution in [2.75, 3.05) is 0 Å². The van der Waals surface area contributed by atoms with E-state index in [9.17, 15) is 0 Å². The molecule has 4 aromatic rings.